The first-order valence-corrected chi connectivity index (χ1v) is 5.48. The molecule has 1 rings (SSSR count). The van der Waals surface area contributed by atoms with Gasteiger partial charge in [0.05, 0.1) is 6.10 Å². The lowest BCUT2D eigenvalue weighted by molar-refractivity contribution is -0.118. The van der Waals surface area contributed by atoms with E-state index in [1.54, 1.807) is 31.2 Å². The van der Waals surface area contributed by atoms with Crippen molar-refractivity contribution in [2.45, 2.75) is 13.0 Å². The molecule has 1 unspecified atom stereocenters. The molecule has 3 amide bonds. The number of hydrogen-bond donors (Lipinski definition) is 3. The number of hydrogen-bond acceptors (Lipinski definition) is 3. The lowest BCUT2D eigenvalue weighted by Crippen LogP contribution is -2.38. The zero-order chi connectivity index (χ0) is 13.7. The van der Waals surface area contributed by atoms with Crippen LogP contribution in [-0.4, -0.2) is 35.5 Å². The van der Waals surface area contributed by atoms with Crippen molar-refractivity contribution in [2.24, 2.45) is 5.73 Å². The average Bonchev–Trinajstić information content (AvgIpc) is 2.28. The summed E-state index contributed by atoms with van der Waals surface area (Å²) in [6.45, 7) is 1.52. The first-order chi connectivity index (χ1) is 8.40. The average molecular weight is 251 g/mol. The molecule has 4 N–H and O–H groups in total. The number of carbonyl (C=O) groups excluding carboxylic acids is 2. The summed E-state index contributed by atoms with van der Waals surface area (Å²) in [5.41, 5.74) is 6.34. The summed E-state index contributed by atoms with van der Waals surface area (Å²) in [7, 11) is 1.48. The Balaban J connectivity index is 2.62. The van der Waals surface area contributed by atoms with Gasteiger partial charge in [0.25, 0.3) is 0 Å². The van der Waals surface area contributed by atoms with Gasteiger partial charge in [-0.3, -0.25) is 4.79 Å². The molecule has 0 aromatic heterocycles. The molecule has 98 valence electrons. The molecule has 0 saturated heterocycles. The number of amides is 3. The van der Waals surface area contributed by atoms with Crippen LogP contribution in [0.5, 0.6) is 0 Å². The molecule has 1 aromatic rings. The maximum absolute atomic E-state index is 11.6. The number of nitrogens with one attached hydrogen (secondary N) is 1. The number of anilines is 1. The van der Waals surface area contributed by atoms with Gasteiger partial charge >= 0.3 is 6.03 Å². The fraction of sp³-hybridized carbons (Fsp3) is 0.333. The van der Waals surface area contributed by atoms with Gasteiger partial charge in [-0.1, -0.05) is 12.1 Å². The number of nitrogens with two attached hydrogens (primary N) is 1. The molecule has 0 saturated carbocycles. The molecule has 6 heteroatoms. The van der Waals surface area contributed by atoms with Crippen LogP contribution in [0.2, 0.25) is 0 Å². The molecular formula is C12H17N3O3. The van der Waals surface area contributed by atoms with Gasteiger partial charge < -0.3 is 21.1 Å². The van der Waals surface area contributed by atoms with E-state index in [2.05, 4.69) is 5.32 Å². The van der Waals surface area contributed by atoms with Crippen LogP contribution in [0.4, 0.5) is 10.5 Å². The van der Waals surface area contributed by atoms with Gasteiger partial charge in [0.2, 0.25) is 5.91 Å². The summed E-state index contributed by atoms with van der Waals surface area (Å²) in [6.07, 6.45) is -0.549. The molecule has 6 nitrogen and oxygen atoms in total. The van der Waals surface area contributed by atoms with E-state index >= 15 is 0 Å². The molecule has 18 heavy (non-hydrogen) atoms. The third kappa shape index (κ3) is 4.06. The predicted molar refractivity (Wildman–Crippen MR) is 67.9 cm³/mol. The standard InChI is InChI=1S/C12H17N3O3/c1-8(16)9-3-5-10(6-4-9)14-12(18)15(2)7-11(13)17/h3-6,8,16H,7H2,1-2H3,(H2,13,17)(H,14,18). The van der Waals surface area contributed by atoms with Gasteiger partial charge in [-0.25, -0.2) is 4.79 Å². The summed E-state index contributed by atoms with van der Waals surface area (Å²) in [5, 5.41) is 11.9. The van der Waals surface area contributed by atoms with Crippen molar-refractivity contribution in [2.75, 3.05) is 18.9 Å². The highest BCUT2D eigenvalue weighted by atomic mass is 16.3. The second kappa shape index (κ2) is 6.02. The van der Waals surface area contributed by atoms with E-state index < -0.39 is 18.0 Å². The van der Waals surface area contributed by atoms with Crippen LogP contribution in [0.15, 0.2) is 24.3 Å². The Morgan fingerprint density at radius 3 is 2.39 bits per heavy atom. The van der Waals surface area contributed by atoms with E-state index in [1.807, 2.05) is 0 Å². The number of urea groups is 1. The van der Waals surface area contributed by atoms with E-state index in [9.17, 15) is 14.7 Å². The summed E-state index contributed by atoms with van der Waals surface area (Å²) in [6, 6.07) is 6.37. The maximum atomic E-state index is 11.6. The van der Waals surface area contributed by atoms with Crippen LogP contribution in [0.25, 0.3) is 0 Å². The molecule has 0 aliphatic rings. The molecule has 0 spiro atoms. The zero-order valence-corrected chi connectivity index (χ0v) is 10.4. The maximum Gasteiger partial charge on any atom is 0.322 e. The largest absolute Gasteiger partial charge is 0.389 e. The third-order valence-electron chi connectivity index (χ3n) is 2.38. The monoisotopic (exact) mass is 251 g/mol. The minimum Gasteiger partial charge on any atom is -0.389 e. The van der Waals surface area contributed by atoms with Crippen LogP contribution in [0.1, 0.15) is 18.6 Å². The normalized spacial score (nSPS) is 11.7. The SMILES string of the molecule is CC(O)c1ccc(NC(=O)N(C)CC(N)=O)cc1. The lowest BCUT2D eigenvalue weighted by atomic mass is 10.1. The number of benzene rings is 1. The van der Waals surface area contributed by atoms with Crippen LogP contribution < -0.4 is 11.1 Å². The molecule has 0 radical (unpaired) electrons. The molecule has 1 atom stereocenters. The van der Waals surface area contributed by atoms with E-state index in [1.165, 1.54) is 11.9 Å². The Morgan fingerprint density at radius 2 is 1.94 bits per heavy atom. The highest BCUT2D eigenvalue weighted by Gasteiger charge is 2.11. The smallest absolute Gasteiger partial charge is 0.322 e. The lowest BCUT2D eigenvalue weighted by Gasteiger charge is -2.16. The first-order valence-electron chi connectivity index (χ1n) is 5.48. The van der Waals surface area contributed by atoms with Crippen molar-refractivity contribution in [3.63, 3.8) is 0 Å². The second-order valence-electron chi connectivity index (χ2n) is 4.05. The van der Waals surface area contributed by atoms with Crippen LogP contribution in [0.3, 0.4) is 0 Å². The fourth-order valence-electron chi connectivity index (χ4n) is 1.37. The Hall–Kier alpha value is -2.08. The molecular weight excluding hydrogens is 234 g/mol. The number of primary amides is 1. The van der Waals surface area contributed by atoms with Gasteiger partial charge in [0.1, 0.15) is 6.54 Å². The summed E-state index contributed by atoms with van der Waals surface area (Å²) < 4.78 is 0. The third-order valence-corrected chi connectivity index (χ3v) is 2.38. The van der Waals surface area contributed by atoms with Crippen molar-refractivity contribution in [1.82, 2.24) is 4.90 Å². The van der Waals surface area contributed by atoms with E-state index in [0.717, 1.165) is 5.56 Å². The van der Waals surface area contributed by atoms with Crippen LogP contribution in [0, 0.1) is 0 Å². The number of nitrogens with zero attached hydrogens (tertiary/aromatic N) is 1. The highest BCUT2D eigenvalue weighted by molar-refractivity contribution is 5.91. The number of aliphatic hydroxyl groups excluding tert-OH is 1. The minimum absolute atomic E-state index is 0.141. The molecule has 0 aliphatic heterocycles. The number of likely N-dealkylation sites (N-methyl/N-ethyl adjacent to an activating group) is 1. The Kier molecular flexibility index (Phi) is 4.67. The fourth-order valence-corrected chi connectivity index (χ4v) is 1.37. The van der Waals surface area contributed by atoms with Crippen molar-refractivity contribution in [3.05, 3.63) is 29.8 Å². The summed E-state index contributed by atoms with van der Waals surface area (Å²) in [5.74, 6) is -0.572. The van der Waals surface area contributed by atoms with Crippen LogP contribution in [-0.2, 0) is 4.79 Å². The van der Waals surface area contributed by atoms with Crippen molar-refractivity contribution in [1.29, 1.82) is 0 Å². The summed E-state index contributed by atoms with van der Waals surface area (Å²) >= 11 is 0. The number of rotatable bonds is 4. The van der Waals surface area contributed by atoms with Crippen molar-refractivity contribution in [3.8, 4) is 0 Å². The Morgan fingerprint density at radius 1 is 1.39 bits per heavy atom. The number of aliphatic hydroxyl groups is 1. The minimum atomic E-state index is -0.572. The van der Waals surface area contributed by atoms with Gasteiger partial charge in [-0.15, -0.1) is 0 Å². The predicted octanol–water partition coefficient (Wildman–Crippen LogP) is 0.689. The van der Waals surface area contributed by atoms with Crippen LogP contribution >= 0.6 is 0 Å². The summed E-state index contributed by atoms with van der Waals surface area (Å²) in [4.78, 5) is 23.5. The zero-order valence-electron chi connectivity index (χ0n) is 10.4. The second-order valence-corrected chi connectivity index (χ2v) is 4.05. The Bertz CT molecular complexity index is 429. The van der Waals surface area contributed by atoms with Gasteiger partial charge in [0.15, 0.2) is 0 Å². The number of carbonyl (C=O) groups is 2. The van der Waals surface area contributed by atoms with E-state index in [4.69, 9.17) is 5.73 Å². The van der Waals surface area contributed by atoms with E-state index in [0.29, 0.717) is 5.69 Å². The molecule has 0 bridgehead atoms. The molecule has 0 heterocycles. The quantitative estimate of drug-likeness (QED) is 0.734. The topological polar surface area (TPSA) is 95.7 Å². The van der Waals surface area contributed by atoms with Crippen molar-refractivity contribution >= 4 is 17.6 Å². The van der Waals surface area contributed by atoms with Crippen molar-refractivity contribution < 1.29 is 14.7 Å². The first kappa shape index (κ1) is 14.0. The highest BCUT2D eigenvalue weighted by Crippen LogP contribution is 2.15. The Labute approximate surface area is 105 Å². The van der Waals surface area contributed by atoms with Gasteiger partial charge in [-0.2, -0.15) is 0 Å². The molecule has 0 aliphatic carbocycles. The van der Waals surface area contributed by atoms with Gasteiger partial charge in [-0.05, 0) is 24.6 Å². The van der Waals surface area contributed by atoms with E-state index in [-0.39, 0.29) is 6.54 Å². The van der Waals surface area contributed by atoms with Gasteiger partial charge in [0, 0.05) is 12.7 Å². The molecule has 0 fully saturated rings. The molecule has 1 aromatic carbocycles.